The van der Waals surface area contributed by atoms with Crippen LogP contribution in [-0.4, -0.2) is 33.0 Å². The van der Waals surface area contributed by atoms with Gasteiger partial charge in [-0.3, -0.25) is 0 Å². The number of nitrogens with zero attached hydrogens (tertiary/aromatic N) is 4. The van der Waals surface area contributed by atoms with Gasteiger partial charge in [-0.15, -0.1) is 0 Å². The average molecular weight is 418 g/mol. The van der Waals surface area contributed by atoms with Crippen molar-refractivity contribution in [2.75, 3.05) is 0 Å². The summed E-state index contributed by atoms with van der Waals surface area (Å²) >= 11 is 0. The molecule has 4 aliphatic rings. The first-order chi connectivity index (χ1) is 15.2. The van der Waals surface area contributed by atoms with E-state index in [9.17, 15) is 4.79 Å². The first kappa shape index (κ1) is 20.4. The van der Waals surface area contributed by atoms with Crippen molar-refractivity contribution in [3.63, 3.8) is 0 Å². The third-order valence-electron chi connectivity index (χ3n) is 7.73. The summed E-state index contributed by atoms with van der Waals surface area (Å²) in [5.41, 5.74) is 4.27. The fraction of sp³-hybridized carbons (Fsp3) is 0.500. The highest BCUT2D eigenvalue weighted by Crippen LogP contribution is 2.42. The molecule has 0 N–H and O–H groups in total. The van der Waals surface area contributed by atoms with Gasteiger partial charge < -0.3 is 4.57 Å². The normalized spacial score (nSPS) is 24.3. The molecule has 1 amide bonds. The number of hydrogen-bond acceptors (Lipinski definition) is 3. The van der Waals surface area contributed by atoms with Crippen LogP contribution in [0.4, 0.5) is 5.69 Å². The smallest absolute Gasteiger partial charge is 0.307 e. The quantitative estimate of drug-likeness (QED) is 0.398. The molecule has 1 aromatic carbocycles. The van der Waals surface area contributed by atoms with Crippen LogP contribution in [0, 0.1) is 5.92 Å². The molecule has 2 saturated carbocycles. The van der Waals surface area contributed by atoms with E-state index in [1.165, 1.54) is 56.2 Å². The first-order valence-corrected chi connectivity index (χ1v) is 11.9. The van der Waals surface area contributed by atoms with Crippen molar-refractivity contribution in [2.24, 2.45) is 5.92 Å². The molecular formula is C26H33N4O+. The molecule has 31 heavy (non-hydrogen) atoms. The lowest BCUT2D eigenvalue weighted by atomic mass is 9.83. The van der Waals surface area contributed by atoms with Gasteiger partial charge in [-0.25, -0.2) is 19.2 Å². The summed E-state index contributed by atoms with van der Waals surface area (Å²) in [7, 11) is 0. The summed E-state index contributed by atoms with van der Waals surface area (Å²) in [6.45, 7) is 3.14. The number of pyridine rings is 1. The Kier molecular flexibility index (Phi) is 5.61. The van der Waals surface area contributed by atoms with Gasteiger partial charge in [-0.2, -0.15) is 0 Å². The molecule has 0 bridgehead atoms. The average Bonchev–Trinajstić information content (AvgIpc) is 3.48. The van der Waals surface area contributed by atoms with E-state index in [1.807, 2.05) is 12.3 Å². The van der Waals surface area contributed by atoms with E-state index in [0.29, 0.717) is 22.5 Å². The molecule has 5 nitrogen and oxygen atoms in total. The number of carbonyl (C=O) groups is 1. The van der Waals surface area contributed by atoms with E-state index in [2.05, 4.69) is 51.9 Å². The van der Waals surface area contributed by atoms with E-state index >= 15 is 0 Å². The highest BCUT2D eigenvalue weighted by Gasteiger charge is 2.48. The summed E-state index contributed by atoms with van der Waals surface area (Å²) < 4.78 is 2.69. The lowest BCUT2D eigenvalue weighted by Gasteiger charge is -2.46. The molecule has 3 unspecified atom stereocenters. The number of carbonyl (C=O) groups excluding carboxylic acids is 1. The second-order valence-electron chi connectivity index (χ2n) is 9.73. The zero-order valence-corrected chi connectivity index (χ0v) is 18.5. The Labute approximate surface area is 185 Å². The molecule has 5 heteroatoms. The third kappa shape index (κ3) is 3.80. The van der Waals surface area contributed by atoms with E-state index < -0.39 is 0 Å². The van der Waals surface area contributed by atoms with Crippen molar-refractivity contribution in [1.82, 2.24) is 19.0 Å². The third-order valence-corrected chi connectivity index (χ3v) is 7.73. The highest BCUT2D eigenvalue weighted by atomic mass is 16.1. The van der Waals surface area contributed by atoms with Crippen LogP contribution in [0.15, 0.2) is 49.1 Å². The minimum Gasteiger partial charge on any atom is -0.348 e. The number of imidazole rings is 1. The van der Waals surface area contributed by atoms with Crippen molar-refractivity contribution in [3.8, 4) is 11.4 Å². The molecule has 162 valence electrons. The van der Waals surface area contributed by atoms with Crippen LogP contribution in [0.25, 0.3) is 11.4 Å². The predicted octanol–water partition coefficient (Wildman–Crippen LogP) is 5.42. The maximum absolute atomic E-state index is 12.9. The molecule has 2 fully saturated rings. The Morgan fingerprint density at radius 3 is 2.45 bits per heavy atom. The van der Waals surface area contributed by atoms with Crippen LogP contribution in [0.1, 0.15) is 63.9 Å². The lowest BCUT2D eigenvalue weighted by molar-refractivity contribution is -0.122. The van der Waals surface area contributed by atoms with E-state index in [-0.39, 0.29) is 0 Å². The molecule has 0 radical (unpaired) electrons. The van der Waals surface area contributed by atoms with Crippen molar-refractivity contribution in [1.29, 1.82) is 0 Å². The summed E-state index contributed by atoms with van der Waals surface area (Å²) in [6.07, 6.45) is 16.7. The number of benzene rings is 1. The number of fused-ring (bicyclic) bond motifs is 1. The predicted molar refractivity (Wildman–Crippen MR) is 124 cm³/mol. The summed E-state index contributed by atoms with van der Waals surface area (Å²) in [4.78, 5) is 21.4. The molecule has 0 saturated heterocycles. The van der Waals surface area contributed by atoms with Gasteiger partial charge in [0.1, 0.15) is 29.8 Å². The fourth-order valence-corrected chi connectivity index (χ4v) is 6.12. The first-order valence-electron chi connectivity index (χ1n) is 11.9. The summed E-state index contributed by atoms with van der Waals surface area (Å²) in [5.74, 6) is 0.711. The number of amides is 1. The molecule has 2 heterocycles. The van der Waals surface area contributed by atoms with Crippen LogP contribution >= 0.6 is 0 Å². The largest absolute Gasteiger partial charge is 0.348 e. The zero-order valence-electron chi connectivity index (χ0n) is 18.5. The molecule has 3 atom stereocenters. The molecule has 0 spiro atoms. The van der Waals surface area contributed by atoms with Gasteiger partial charge in [0, 0.05) is 44.6 Å². The van der Waals surface area contributed by atoms with Gasteiger partial charge >= 0.3 is 6.41 Å². The topological polar surface area (TPSA) is 47.8 Å². The molecule has 0 aromatic heterocycles. The van der Waals surface area contributed by atoms with Crippen molar-refractivity contribution in [3.05, 3.63) is 54.6 Å². The molecule has 2 aliphatic heterocycles. The van der Waals surface area contributed by atoms with Gasteiger partial charge in [-0.1, -0.05) is 25.5 Å². The Bertz CT molecular complexity index is 991. The standard InChI is InChI=1S/C26H33N4O/c1-20-5-4-8-24(15-20)30(19-31,22-6-2-3-7-22)23-11-9-21(10-12-23)16-29-14-13-25-26(17-29)28-18-27-25/h9-14,17-20,22,24H,2-8,15-16H2,1H3/q+1. The van der Waals surface area contributed by atoms with Gasteiger partial charge in [0.25, 0.3) is 0 Å². The van der Waals surface area contributed by atoms with Crippen LogP contribution < -0.4 is 4.48 Å². The van der Waals surface area contributed by atoms with E-state index in [1.54, 1.807) is 6.33 Å². The Morgan fingerprint density at radius 1 is 0.968 bits per heavy atom. The lowest BCUT2D eigenvalue weighted by Crippen LogP contribution is -2.62. The Balaban J connectivity index is 1.44. The molecule has 2 aliphatic carbocycles. The van der Waals surface area contributed by atoms with Gasteiger partial charge in [0.05, 0.1) is 5.69 Å². The van der Waals surface area contributed by atoms with Crippen LogP contribution in [0.5, 0.6) is 0 Å². The molecule has 1 aromatic rings. The van der Waals surface area contributed by atoms with Crippen molar-refractivity contribution in [2.45, 2.75) is 76.9 Å². The second kappa shape index (κ2) is 8.54. The van der Waals surface area contributed by atoms with E-state index in [0.717, 1.165) is 30.8 Å². The van der Waals surface area contributed by atoms with Gasteiger partial charge in [0.2, 0.25) is 0 Å². The number of aromatic nitrogens is 3. The van der Waals surface area contributed by atoms with Gasteiger partial charge in [-0.05, 0) is 48.9 Å². The Morgan fingerprint density at radius 2 is 1.71 bits per heavy atom. The van der Waals surface area contributed by atoms with Crippen molar-refractivity contribution < 1.29 is 4.79 Å². The van der Waals surface area contributed by atoms with Gasteiger partial charge in [0.15, 0.2) is 0 Å². The number of hydrogen-bond donors (Lipinski definition) is 0. The second-order valence-corrected chi connectivity index (χ2v) is 9.73. The van der Waals surface area contributed by atoms with Crippen LogP contribution in [0.2, 0.25) is 0 Å². The summed E-state index contributed by atoms with van der Waals surface area (Å²) in [6, 6.07) is 11.7. The Hall–Kier alpha value is -2.53. The fourth-order valence-electron chi connectivity index (χ4n) is 6.12. The van der Waals surface area contributed by atoms with Crippen LogP contribution in [-0.2, 0) is 11.3 Å². The van der Waals surface area contributed by atoms with Crippen molar-refractivity contribution >= 4 is 12.1 Å². The summed E-state index contributed by atoms with van der Waals surface area (Å²) in [5, 5.41) is 0. The maximum Gasteiger partial charge on any atom is 0.307 e. The van der Waals surface area contributed by atoms with E-state index in [4.69, 9.17) is 0 Å². The number of rotatable bonds is 6. The minimum atomic E-state index is 0.419. The maximum atomic E-state index is 12.9. The zero-order chi connectivity index (χ0) is 21.3. The SMILES string of the molecule is CC1CCCC([N+](C=O)(c2ccc(Cn3ccc4ncnc-4c3)cc2)C2CCCC2)C1. The minimum absolute atomic E-state index is 0.419. The van der Waals surface area contributed by atoms with Crippen LogP contribution in [0.3, 0.4) is 0 Å². The molecule has 5 rings (SSSR count). The monoisotopic (exact) mass is 417 g/mol. The number of quaternary nitrogens is 1. The highest BCUT2D eigenvalue weighted by molar-refractivity contribution is 5.71. The molecular weight excluding hydrogens is 384 g/mol.